The summed E-state index contributed by atoms with van der Waals surface area (Å²) in [5.74, 6) is 0.0769. The number of rotatable bonds is 2. The van der Waals surface area contributed by atoms with E-state index in [4.69, 9.17) is 5.73 Å². The van der Waals surface area contributed by atoms with Gasteiger partial charge in [0, 0.05) is 6.20 Å². The van der Waals surface area contributed by atoms with Crippen LogP contribution in [-0.4, -0.2) is 15.6 Å². The second-order valence-electron chi connectivity index (χ2n) is 2.54. The predicted octanol–water partition coefficient (Wildman–Crippen LogP) is 0.615. The van der Waals surface area contributed by atoms with Crippen molar-refractivity contribution in [3.05, 3.63) is 12.4 Å². The van der Waals surface area contributed by atoms with Crippen molar-refractivity contribution in [2.75, 3.05) is 5.73 Å². The van der Waals surface area contributed by atoms with Gasteiger partial charge in [0.05, 0.1) is 11.9 Å². The minimum absolute atomic E-state index is 0.0769. The summed E-state index contributed by atoms with van der Waals surface area (Å²) in [5.41, 5.74) is 6.00. The van der Waals surface area contributed by atoms with Gasteiger partial charge in [0.1, 0.15) is 6.04 Å². The van der Waals surface area contributed by atoms with Crippen molar-refractivity contribution < 1.29 is 4.79 Å². The van der Waals surface area contributed by atoms with Crippen LogP contribution in [0.5, 0.6) is 0 Å². The fraction of sp³-hybridized carbons (Fsp3) is 0.429. The highest BCUT2D eigenvalue weighted by molar-refractivity contribution is 5.79. The molecule has 0 aliphatic rings. The van der Waals surface area contributed by atoms with Crippen molar-refractivity contribution >= 4 is 11.5 Å². The molecule has 11 heavy (non-hydrogen) atoms. The Balaban J connectivity index is 2.84. The molecule has 0 aliphatic heterocycles. The van der Waals surface area contributed by atoms with Crippen LogP contribution < -0.4 is 5.73 Å². The van der Waals surface area contributed by atoms with Gasteiger partial charge in [-0.25, -0.2) is 0 Å². The summed E-state index contributed by atoms with van der Waals surface area (Å²) in [4.78, 5) is 10.9. The lowest BCUT2D eigenvalue weighted by Gasteiger charge is -2.06. The van der Waals surface area contributed by atoms with Gasteiger partial charge in [-0.1, -0.05) is 0 Å². The van der Waals surface area contributed by atoms with Crippen LogP contribution in [0.25, 0.3) is 0 Å². The first kappa shape index (κ1) is 7.78. The zero-order valence-electron chi connectivity index (χ0n) is 6.61. The summed E-state index contributed by atoms with van der Waals surface area (Å²) >= 11 is 0. The van der Waals surface area contributed by atoms with E-state index in [9.17, 15) is 4.79 Å². The molecule has 0 saturated heterocycles. The third-order valence-corrected chi connectivity index (χ3v) is 1.61. The number of aromatic nitrogens is 2. The lowest BCUT2D eigenvalue weighted by atomic mass is 10.2. The number of ketones is 1. The number of Topliss-reactive ketones (excluding diaryl/α,β-unsaturated/α-hetero) is 1. The van der Waals surface area contributed by atoms with Crippen LogP contribution in [0.15, 0.2) is 12.4 Å². The molecule has 0 bridgehead atoms. The number of hydrogen-bond donors (Lipinski definition) is 1. The Hall–Kier alpha value is -1.32. The van der Waals surface area contributed by atoms with E-state index in [-0.39, 0.29) is 11.8 Å². The van der Waals surface area contributed by atoms with Gasteiger partial charge in [0.15, 0.2) is 5.78 Å². The highest BCUT2D eigenvalue weighted by Gasteiger charge is 2.09. The van der Waals surface area contributed by atoms with E-state index < -0.39 is 0 Å². The quantitative estimate of drug-likeness (QED) is 0.677. The van der Waals surface area contributed by atoms with Crippen molar-refractivity contribution in [2.45, 2.75) is 19.9 Å². The highest BCUT2D eigenvalue weighted by atomic mass is 16.1. The zero-order chi connectivity index (χ0) is 8.43. The second kappa shape index (κ2) is 2.74. The molecule has 0 aliphatic carbocycles. The Morgan fingerprint density at radius 1 is 1.82 bits per heavy atom. The third-order valence-electron chi connectivity index (χ3n) is 1.61. The number of nitrogen functional groups attached to an aromatic ring is 1. The minimum Gasteiger partial charge on any atom is -0.396 e. The van der Waals surface area contributed by atoms with E-state index >= 15 is 0 Å². The smallest absolute Gasteiger partial charge is 0.154 e. The normalized spacial score (nSPS) is 12.9. The molecule has 1 unspecified atom stereocenters. The van der Waals surface area contributed by atoms with E-state index in [1.54, 1.807) is 17.8 Å². The Morgan fingerprint density at radius 2 is 2.45 bits per heavy atom. The minimum atomic E-state index is -0.215. The molecule has 0 aromatic carbocycles. The van der Waals surface area contributed by atoms with Crippen LogP contribution in [0.1, 0.15) is 19.9 Å². The van der Waals surface area contributed by atoms with Crippen molar-refractivity contribution in [2.24, 2.45) is 0 Å². The van der Waals surface area contributed by atoms with Crippen molar-refractivity contribution in [3.8, 4) is 0 Å². The van der Waals surface area contributed by atoms with Gasteiger partial charge in [0.25, 0.3) is 0 Å². The average molecular weight is 153 g/mol. The maximum atomic E-state index is 10.9. The summed E-state index contributed by atoms with van der Waals surface area (Å²) < 4.78 is 1.55. The summed E-state index contributed by atoms with van der Waals surface area (Å²) in [6, 6.07) is -0.215. The molecule has 0 saturated carbocycles. The monoisotopic (exact) mass is 153 g/mol. The maximum Gasteiger partial charge on any atom is 0.154 e. The molecule has 0 fully saturated rings. The first-order valence-corrected chi connectivity index (χ1v) is 3.41. The molecule has 0 radical (unpaired) electrons. The topological polar surface area (TPSA) is 60.9 Å². The van der Waals surface area contributed by atoms with Gasteiger partial charge < -0.3 is 5.73 Å². The Morgan fingerprint density at radius 3 is 2.82 bits per heavy atom. The summed E-state index contributed by atoms with van der Waals surface area (Å²) in [7, 11) is 0. The summed E-state index contributed by atoms with van der Waals surface area (Å²) in [5, 5.41) is 3.91. The standard InChI is InChI=1S/C7H11N3O/c1-5(6(2)11)10-4-7(8)3-9-10/h3-5H,8H2,1-2H3. The SMILES string of the molecule is CC(=O)C(C)n1cc(N)cn1. The van der Waals surface area contributed by atoms with Gasteiger partial charge in [-0.15, -0.1) is 0 Å². The first-order chi connectivity index (χ1) is 5.11. The van der Waals surface area contributed by atoms with Crippen LogP contribution in [0.4, 0.5) is 5.69 Å². The molecular formula is C7H11N3O. The number of nitrogens with two attached hydrogens (primary N) is 1. The maximum absolute atomic E-state index is 10.9. The Kier molecular flexibility index (Phi) is 1.94. The molecule has 0 spiro atoms. The molecular weight excluding hydrogens is 142 g/mol. The van der Waals surface area contributed by atoms with Crippen LogP contribution >= 0.6 is 0 Å². The molecule has 1 rings (SSSR count). The largest absolute Gasteiger partial charge is 0.396 e. The molecule has 1 aromatic heterocycles. The van der Waals surface area contributed by atoms with E-state index in [2.05, 4.69) is 5.10 Å². The molecule has 2 N–H and O–H groups in total. The van der Waals surface area contributed by atoms with Crippen LogP contribution in [0.2, 0.25) is 0 Å². The van der Waals surface area contributed by atoms with Crippen LogP contribution in [-0.2, 0) is 4.79 Å². The van der Waals surface area contributed by atoms with E-state index in [0.717, 1.165) is 0 Å². The molecule has 60 valence electrons. The van der Waals surface area contributed by atoms with E-state index in [1.165, 1.54) is 13.1 Å². The number of hydrogen-bond acceptors (Lipinski definition) is 3. The second-order valence-corrected chi connectivity index (χ2v) is 2.54. The predicted molar refractivity (Wildman–Crippen MR) is 42.0 cm³/mol. The number of carbonyl (C=O) groups is 1. The number of carbonyl (C=O) groups excluding carboxylic acids is 1. The number of nitrogens with zero attached hydrogens (tertiary/aromatic N) is 2. The summed E-state index contributed by atoms with van der Waals surface area (Å²) in [6.45, 7) is 3.32. The fourth-order valence-corrected chi connectivity index (χ4v) is 0.751. The van der Waals surface area contributed by atoms with E-state index in [1.807, 2.05) is 0 Å². The Bertz CT molecular complexity index is 266. The van der Waals surface area contributed by atoms with Gasteiger partial charge in [-0.2, -0.15) is 5.10 Å². The molecule has 1 atom stereocenters. The number of anilines is 1. The van der Waals surface area contributed by atoms with E-state index in [0.29, 0.717) is 5.69 Å². The zero-order valence-corrected chi connectivity index (χ0v) is 6.61. The summed E-state index contributed by atoms with van der Waals surface area (Å²) in [6.07, 6.45) is 3.17. The van der Waals surface area contributed by atoms with Crippen molar-refractivity contribution in [3.63, 3.8) is 0 Å². The molecule has 1 heterocycles. The van der Waals surface area contributed by atoms with Gasteiger partial charge >= 0.3 is 0 Å². The van der Waals surface area contributed by atoms with Crippen molar-refractivity contribution in [1.29, 1.82) is 0 Å². The van der Waals surface area contributed by atoms with Gasteiger partial charge in [-0.05, 0) is 13.8 Å². The molecule has 0 amide bonds. The molecule has 4 heteroatoms. The van der Waals surface area contributed by atoms with Crippen molar-refractivity contribution in [1.82, 2.24) is 9.78 Å². The fourth-order valence-electron chi connectivity index (χ4n) is 0.751. The lowest BCUT2D eigenvalue weighted by Crippen LogP contribution is -2.13. The first-order valence-electron chi connectivity index (χ1n) is 3.41. The highest BCUT2D eigenvalue weighted by Crippen LogP contribution is 2.07. The van der Waals surface area contributed by atoms with Gasteiger partial charge in [0.2, 0.25) is 0 Å². The van der Waals surface area contributed by atoms with Gasteiger partial charge in [-0.3, -0.25) is 9.48 Å². The average Bonchev–Trinajstić information content (AvgIpc) is 2.34. The lowest BCUT2D eigenvalue weighted by molar-refractivity contribution is -0.119. The van der Waals surface area contributed by atoms with Crippen LogP contribution in [0, 0.1) is 0 Å². The molecule has 4 nitrogen and oxygen atoms in total. The van der Waals surface area contributed by atoms with Crippen LogP contribution in [0.3, 0.4) is 0 Å². The molecule has 1 aromatic rings. The third kappa shape index (κ3) is 1.58. The Labute approximate surface area is 65.0 Å².